The zero-order chi connectivity index (χ0) is 15.4. The van der Waals surface area contributed by atoms with Gasteiger partial charge in [0.15, 0.2) is 5.76 Å². The van der Waals surface area contributed by atoms with Gasteiger partial charge in [-0.25, -0.2) is 4.68 Å². The maximum absolute atomic E-state index is 12.2. The molecule has 0 saturated heterocycles. The number of anilines is 1. The highest BCUT2D eigenvalue weighted by molar-refractivity contribution is 6.01. The van der Waals surface area contributed by atoms with Crippen LogP contribution in [0.15, 0.2) is 28.8 Å². The predicted molar refractivity (Wildman–Crippen MR) is 79.6 cm³/mol. The Labute approximate surface area is 124 Å². The Morgan fingerprint density at radius 2 is 2.14 bits per heavy atom. The van der Waals surface area contributed by atoms with E-state index >= 15 is 0 Å². The molecule has 6 nitrogen and oxygen atoms in total. The third-order valence-corrected chi connectivity index (χ3v) is 3.35. The molecule has 0 aliphatic carbocycles. The first-order valence-electron chi connectivity index (χ1n) is 7.10. The smallest absolute Gasteiger partial charge is 0.292 e. The van der Waals surface area contributed by atoms with Crippen LogP contribution in [-0.4, -0.2) is 22.3 Å². The SMILES string of the molecule is CCOc1ccc(C(=O)Nc2ccnn2[C@H](C)C(C)C)o1. The van der Waals surface area contributed by atoms with Gasteiger partial charge >= 0.3 is 0 Å². The lowest BCUT2D eigenvalue weighted by atomic mass is 10.1. The van der Waals surface area contributed by atoms with Gasteiger partial charge in [-0.2, -0.15) is 5.10 Å². The van der Waals surface area contributed by atoms with Crippen molar-refractivity contribution in [2.45, 2.75) is 33.7 Å². The standard InChI is InChI=1S/C15H21N3O3/c1-5-20-14-7-6-12(21-14)15(19)17-13-8-9-16-18(13)11(4)10(2)3/h6-11H,5H2,1-4H3,(H,17,19)/t11-/m1/s1. The van der Waals surface area contributed by atoms with Gasteiger partial charge in [0.25, 0.3) is 11.9 Å². The first-order chi connectivity index (χ1) is 10.0. The Balaban J connectivity index is 2.11. The lowest BCUT2D eigenvalue weighted by Gasteiger charge is -2.19. The number of hydrogen-bond acceptors (Lipinski definition) is 4. The summed E-state index contributed by atoms with van der Waals surface area (Å²) in [5.41, 5.74) is 0. The molecule has 0 aliphatic heterocycles. The second kappa shape index (κ2) is 6.47. The van der Waals surface area contributed by atoms with Crippen LogP contribution >= 0.6 is 0 Å². The molecule has 6 heteroatoms. The van der Waals surface area contributed by atoms with Crippen molar-refractivity contribution in [3.63, 3.8) is 0 Å². The topological polar surface area (TPSA) is 69.3 Å². The Morgan fingerprint density at radius 1 is 1.38 bits per heavy atom. The summed E-state index contributed by atoms with van der Waals surface area (Å²) in [6.45, 7) is 8.63. The largest absolute Gasteiger partial charge is 0.465 e. The first-order valence-corrected chi connectivity index (χ1v) is 7.10. The quantitative estimate of drug-likeness (QED) is 0.886. The van der Waals surface area contributed by atoms with Gasteiger partial charge in [0.1, 0.15) is 5.82 Å². The molecule has 0 unspecified atom stereocenters. The number of rotatable bonds is 6. The van der Waals surface area contributed by atoms with E-state index in [0.717, 1.165) is 0 Å². The van der Waals surface area contributed by atoms with E-state index in [0.29, 0.717) is 24.3 Å². The fourth-order valence-corrected chi connectivity index (χ4v) is 1.86. The van der Waals surface area contributed by atoms with E-state index in [1.54, 1.807) is 29.1 Å². The molecule has 0 radical (unpaired) electrons. The molecule has 0 bridgehead atoms. The van der Waals surface area contributed by atoms with Gasteiger partial charge in [0.05, 0.1) is 18.8 Å². The molecular weight excluding hydrogens is 270 g/mol. The number of nitrogens with one attached hydrogen (secondary N) is 1. The van der Waals surface area contributed by atoms with Crippen LogP contribution in [0.3, 0.4) is 0 Å². The summed E-state index contributed by atoms with van der Waals surface area (Å²) < 4.78 is 12.3. The van der Waals surface area contributed by atoms with Crippen LogP contribution in [-0.2, 0) is 0 Å². The fourth-order valence-electron chi connectivity index (χ4n) is 1.86. The Kier molecular flexibility index (Phi) is 4.67. The minimum atomic E-state index is -0.321. The van der Waals surface area contributed by atoms with Gasteiger partial charge < -0.3 is 14.5 Å². The summed E-state index contributed by atoms with van der Waals surface area (Å²) in [7, 11) is 0. The molecule has 2 heterocycles. The molecule has 2 rings (SSSR count). The van der Waals surface area contributed by atoms with Gasteiger partial charge in [-0.15, -0.1) is 0 Å². The van der Waals surface area contributed by atoms with E-state index in [2.05, 4.69) is 31.2 Å². The van der Waals surface area contributed by atoms with E-state index < -0.39 is 0 Å². The first kappa shape index (κ1) is 15.2. The molecule has 21 heavy (non-hydrogen) atoms. The van der Waals surface area contributed by atoms with Crippen LogP contribution in [0.5, 0.6) is 5.95 Å². The Morgan fingerprint density at radius 3 is 2.81 bits per heavy atom. The van der Waals surface area contributed by atoms with E-state index in [1.807, 2.05) is 6.92 Å². The monoisotopic (exact) mass is 291 g/mol. The van der Waals surface area contributed by atoms with Gasteiger partial charge in [0, 0.05) is 12.1 Å². The third kappa shape index (κ3) is 3.45. The molecule has 0 aromatic carbocycles. The van der Waals surface area contributed by atoms with E-state index in [1.165, 1.54) is 0 Å². The molecule has 2 aromatic rings. The number of furan rings is 1. The Bertz CT molecular complexity index is 601. The highest BCUT2D eigenvalue weighted by Gasteiger charge is 2.17. The van der Waals surface area contributed by atoms with Gasteiger partial charge in [-0.1, -0.05) is 13.8 Å². The van der Waals surface area contributed by atoms with Crippen LogP contribution in [0.25, 0.3) is 0 Å². The molecule has 1 atom stereocenters. The highest BCUT2D eigenvalue weighted by atomic mass is 16.6. The summed E-state index contributed by atoms with van der Waals surface area (Å²) in [4.78, 5) is 12.2. The molecule has 0 aliphatic rings. The van der Waals surface area contributed by atoms with Crippen LogP contribution < -0.4 is 10.1 Å². The molecule has 0 fully saturated rings. The van der Waals surface area contributed by atoms with Gasteiger partial charge in [-0.05, 0) is 25.8 Å². The van der Waals surface area contributed by atoms with E-state index in [4.69, 9.17) is 9.15 Å². The summed E-state index contributed by atoms with van der Waals surface area (Å²) in [5.74, 6) is 1.29. The number of carbonyl (C=O) groups is 1. The summed E-state index contributed by atoms with van der Waals surface area (Å²) in [6, 6.07) is 5.17. The second-order valence-electron chi connectivity index (χ2n) is 5.15. The molecule has 0 saturated carbocycles. The molecule has 0 spiro atoms. The lowest BCUT2D eigenvalue weighted by Crippen LogP contribution is -2.19. The third-order valence-electron chi connectivity index (χ3n) is 3.35. The average Bonchev–Trinajstić information content (AvgIpc) is 3.07. The number of aromatic nitrogens is 2. The fraction of sp³-hybridized carbons (Fsp3) is 0.467. The van der Waals surface area contributed by atoms with Crippen molar-refractivity contribution in [1.82, 2.24) is 9.78 Å². The number of amides is 1. The van der Waals surface area contributed by atoms with E-state index in [9.17, 15) is 4.79 Å². The molecule has 114 valence electrons. The van der Waals surface area contributed by atoms with Gasteiger partial charge in [0.2, 0.25) is 0 Å². The van der Waals surface area contributed by atoms with Crippen LogP contribution in [0.4, 0.5) is 5.82 Å². The number of hydrogen-bond donors (Lipinski definition) is 1. The second-order valence-corrected chi connectivity index (χ2v) is 5.15. The van der Waals surface area contributed by atoms with Crippen LogP contribution in [0.1, 0.15) is 44.3 Å². The van der Waals surface area contributed by atoms with Crippen molar-refractivity contribution < 1.29 is 13.9 Å². The minimum absolute atomic E-state index is 0.186. The van der Waals surface area contributed by atoms with Crippen molar-refractivity contribution in [1.29, 1.82) is 0 Å². The van der Waals surface area contributed by atoms with E-state index in [-0.39, 0.29) is 17.7 Å². The Hall–Kier alpha value is -2.24. The highest BCUT2D eigenvalue weighted by Crippen LogP contribution is 2.22. The normalized spacial score (nSPS) is 12.4. The summed E-state index contributed by atoms with van der Waals surface area (Å²) in [5, 5.41) is 7.08. The maximum atomic E-state index is 12.2. The van der Waals surface area contributed by atoms with Gasteiger partial charge in [-0.3, -0.25) is 4.79 Å². The summed E-state index contributed by atoms with van der Waals surface area (Å²) >= 11 is 0. The van der Waals surface area contributed by atoms with Crippen molar-refractivity contribution in [3.8, 4) is 5.95 Å². The number of carbonyl (C=O) groups excluding carboxylic acids is 1. The predicted octanol–water partition coefficient (Wildman–Crippen LogP) is 3.34. The van der Waals surface area contributed by atoms with Crippen molar-refractivity contribution >= 4 is 11.7 Å². The summed E-state index contributed by atoms with van der Waals surface area (Å²) in [6.07, 6.45) is 1.67. The maximum Gasteiger partial charge on any atom is 0.292 e. The molecule has 1 amide bonds. The average molecular weight is 291 g/mol. The number of ether oxygens (including phenoxy) is 1. The molecule has 1 N–H and O–H groups in total. The van der Waals surface area contributed by atoms with Crippen LogP contribution in [0, 0.1) is 5.92 Å². The minimum Gasteiger partial charge on any atom is -0.465 e. The molecular formula is C15H21N3O3. The number of nitrogens with zero attached hydrogens (tertiary/aromatic N) is 2. The van der Waals surface area contributed by atoms with Crippen molar-refractivity contribution in [2.75, 3.05) is 11.9 Å². The van der Waals surface area contributed by atoms with Crippen molar-refractivity contribution in [3.05, 3.63) is 30.2 Å². The zero-order valence-corrected chi connectivity index (χ0v) is 12.8. The zero-order valence-electron chi connectivity index (χ0n) is 12.8. The lowest BCUT2D eigenvalue weighted by molar-refractivity contribution is 0.0987. The van der Waals surface area contributed by atoms with Crippen molar-refractivity contribution in [2.24, 2.45) is 5.92 Å². The van der Waals surface area contributed by atoms with Crippen LogP contribution in [0.2, 0.25) is 0 Å². The molecule has 2 aromatic heterocycles.